The molecule has 4 heteroatoms. The number of hydrogen-bond acceptors (Lipinski definition) is 2. The summed E-state index contributed by atoms with van der Waals surface area (Å²) in [6.07, 6.45) is 0. The lowest BCUT2D eigenvalue weighted by Gasteiger charge is -2.22. The number of benzene rings is 1. The van der Waals surface area contributed by atoms with Crippen molar-refractivity contribution in [2.75, 3.05) is 13.6 Å². The fourth-order valence-electron chi connectivity index (χ4n) is 1.39. The summed E-state index contributed by atoms with van der Waals surface area (Å²) in [6.45, 7) is 4.70. The van der Waals surface area contributed by atoms with Crippen molar-refractivity contribution in [1.29, 1.82) is 0 Å². The van der Waals surface area contributed by atoms with Crippen LogP contribution in [-0.2, 0) is 0 Å². The van der Waals surface area contributed by atoms with Gasteiger partial charge in [-0.25, -0.2) is 0 Å². The minimum Gasteiger partial charge on any atom is -0.297 e. The summed E-state index contributed by atoms with van der Waals surface area (Å²) in [6, 6.07) is 4.77. The van der Waals surface area contributed by atoms with Crippen LogP contribution in [0.1, 0.15) is 24.2 Å². The van der Waals surface area contributed by atoms with Crippen LogP contribution in [0.3, 0.4) is 0 Å². The van der Waals surface area contributed by atoms with Crippen molar-refractivity contribution in [3.63, 3.8) is 0 Å². The maximum absolute atomic E-state index is 12.1. The van der Waals surface area contributed by atoms with E-state index in [4.69, 9.17) is 23.2 Å². The summed E-state index contributed by atoms with van der Waals surface area (Å²) >= 11 is 11.8. The molecule has 0 fully saturated rings. The second-order valence-electron chi connectivity index (χ2n) is 3.74. The lowest BCUT2D eigenvalue weighted by atomic mass is 10.0. The molecule has 16 heavy (non-hydrogen) atoms. The average molecular weight is 260 g/mol. The molecule has 0 saturated carbocycles. The van der Waals surface area contributed by atoms with Crippen molar-refractivity contribution >= 4 is 29.0 Å². The minimum atomic E-state index is -0.177. The minimum absolute atomic E-state index is 0.0195. The van der Waals surface area contributed by atoms with Crippen LogP contribution >= 0.6 is 23.2 Å². The highest BCUT2D eigenvalue weighted by atomic mass is 35.5. The van der Waals surface area contributed by atoms with Crippen molar-refractivity contribution < 1.29 is 4.79 Å². The predicted octanol–water partition coefficient (Wildman–Crippen LogP) is 3.52. The van der Waals surface area contributed by atoms with E-state index in [0.717, 1.165) is 6.54 Å². The Hall–Kier alpha value is -0.570. The van der Waals surface area contributed by atoms with Crippen LogP contribution < -0.4 is 0 Å². The molecule has 0 aliphatic rings. The summed E-state index contributed by atoms with van der Waals surface area (Å²) in [4.78, 5) is 14.1. The molecule has 0 aromatic heterocycles. The number of ketones is 1. The fraction of sp³-hybridized carbons (Fsp3) is 0.417. The quantitative estimate of drug-likeness (QED) is 0.772. The molecule has 0 spiro atoms. The van der Waals surface area contributed by atoms with Crippen molar-refractivity contribution in [3.05, 3.63) is 33.8 Å². The number of carbonyl (C=O) groups excluding carboxylic acids is 1. The highest BCUT2D eigenvalue weighted by molar-refractivity contribution is 6.37. The molecule has 1 aromatic carbocycles. The first-order valence-corrected chi connectivity index (χ1v) is 5.92. The fourth-order valence-corrected chi connectivity index (χ4v) is 1.89. The Morgan fingerprint density at radius 2 is 2.06 bits per heavy atom. The first-order valence-electron chi connectivity index (χ1n) is 5.16. The van der Waals surface area contributed by atoms with Gasteiger partial charge in [-0.2, -0.15) is 0 Å². The molecule has 0 heterocycles. The standard InChI is InChI=1S/C12H15Cl2NO/c1-4-15(3)8(2)12(16)10-6-5-9(13)7-11(10)14/h5-8H,4H2,1-3H3. The van der Waals surface area contributed by atoms with E-state index in [9.17, 15) is 4.79 Å². The Morgan fingerprint density at radius 3 is 2.56 bits per heavy atom. The first kappa shape index (κ1) is 13.5. The van der Waals surface area contributed by atoms with Gasteiger partial charge < -0.3 is 0 Å². The van der Waals surface area contributed by atoms with E-state index in [1.165, 1.54) is 0 Å². The molecule has 0 amide bonds. The van der Waals surface area contributed by atoms with Gasteiger partial charge in [-0.15, -0.1) is 0 Å². The third-order valence-corrected chi connectivity index (χ3v) is 3.28. The van der Waals surface area contributed by atoms with Crippen molar-refractivity contribution in [2.24, 2.45) is 0 Å². The highest BCUT2D eigenvalue weighted by Gasteiger charge is 2.20. The van der Waals surface area contributed by atoms with E-state index in [2.05, 4.69) is 0 Å². The summed E-state index contributed by atoms with van der Waals surface area (Å²) < 4.78 is 0. The van der Waals surface area contributed by atoms with Gasteiger partial charge >= 0.3 is 0 Å². The number of nitrogens with zero attached hydrogens (tertiary/aromatic N) is 1. The maximum Gasteiger partial charge on any atom is 0.181 e. The molecule has 1 rings (SSSR count). The molecular formula is C12H15Cl2NO. The van der Waals surface area contributed by atoms with Crippen molar-refractivity contribution in [1.82, 2.24) is 4.90 Å². The average Bonchev–Trinajstić information content (AvgIpc) is 2.26. The molecule has 2 nitrogen and oxygen atoms in total. The monoisotopic (exact) mass is 259 g/mol. The summed E-state index contributed by atoms with van der Waals surface area (Å²) in [5.74, 6) is 0.0195. The van der Waals surface area contributed by atoms with Crippen molar-refractivity contribution in [2.45, 2.75) is 19.9 Å². The van der Waals surface area contributed by atoms with Crippen molar-refractivity contribution in [3.8, 4) is 0 Å². The third-order valence-electron chi connectivity index (χ3n) is 2.74. The van der Waals surface area contributed by atoms with Gasteiger partial charge in [0, 0.05) is 10.6 Å². The molecular weight excluding hydrogens is 245 g/mol. The molecule has 1 aromatic rings. The van der Waals surface area contributed by atoms with Crippen LogP contribution in [0.25, 0.3) is 0 Å². The number of rotatable bonds is 4. The zero-order valence-electron chi connectivity index (χ0n) is 9.63. The number of likely N-dealkylation sites (N-methyl/N-ethyl adjacent to an activating group) is 1. The van der Waals surface area contributed by atoms with Gasteiger partial charge in [0.15, 0.2) is 5.78 Å². The second kappa shape index (κ2) is 5.67. The number of hydrogen-bond donors (Lipinski definition) is 0. The SMILES string of the molecule is CCN(C)C(C)C(=O)c1ccc(Cl)cc1Cl. The van der Waals surface area contributed by atoms with Crippen LogP contribution in [0.15, 0.2) is 18.2 Å². The lowest BCUT2D eigenvalue weighted by Crippen LogP contribution is -2.35. The van der Waals surface area contributed by atoms with E-state index >= 15 is 0 Å². The molecule has 88 valence electrons. The molecule has 0 N–H and O–H groups in total. The molecule has 0 aliphatic carbocycles. The van der Waals surface area contributed by atoms with Gasteiger partial charge in [-0.1, -0.05) is 30.1 Å². The molecule has 1 unspecified atom stereocenters. The third kappa shape index (κ3) is 2.97. The summed E-state index contributed by atoms with van der Waals surface area (Å²) in [7, 11) is 1.91. The van der Waals surface area contributed by atoms with Crippen LogP contribution in [0.4, 0.5) is 0 Å². The first-order chi connectivity index (χ1) is 7.47. The van der Waals surface area contributed by atoms with E-state index in [1.807, 2.05) is 25.8 Å². The van der Waals surface area contributed by atoms with Crippen LogP contribution in [0.2, 0.25) is 10.0 Å². The van der Waals surface area contributed by atoms with Crippen LogP contribution in [0, 0.1) is 0 Å². The largest absolute Gasteiger partial charge is 0.297 e. The zero-order valence-corrected chi connectivity index (χ0v) is 11.1. The van der Waals surface area contributed by atoms with Gasteiger partial charge in [0.2, 0.25) is 0 Å². The van der Waals surface area contributed by atoms with Crippen LogP contribution in [0.5, 0.6) is 0 Å². The molecule has 0 bridgehead atoms. The van der Waals surface area contributed by atoms with Crippen LogP contribution in [-0.4, -0.2) is 30.3 Å². The molecule has 0 radical (unpaired) electrons. The zero-order chi connectivity index (χ0) is 12.3. The number of carbonyl (C=O) groups is 1. The maximum atomic E-state index is 12.1. The highest BCUT2D eigenvalue weighted by Crippen LogP contribution is 2.22. The number of halogens is 2. The van der Waals surface area contributed by atoms with Gasteiger partial charge in [-0.3, -0.25) is 9.69 Å². The van der Waals surface area contributed by atoms with Gasteiger partial charge in [0.05, 0.1) is 11.1 Å². The Bertz CT molecular complexity index is 393. The second-order valence-corrected chi connectivity index (χ2v) is 4.58. The molecule has 1 atom stereocenters. The smallest absolute Gasteiger partial charge is 0.181 e. The Labute approximate surface area is 106 Å². The van der Waals surface area contributed by atoms with E-state index in [1.54, 1.807) is 18.2 Å². The predicted molar refractivity (Wildman–Crippen MR) is 68.6 cm³/mol. The van der Waals surface area contributed by atoms with E-state index in [-0.39, 0.29) is 11.8 Å². The summed E-state index contributed by atoms with van der Waals surface area (Å²) in [5, 5.41) is 0.951. The van der Waals surface area contributed by atoms with Gasteiger partial charge in [0.25, 0.3) is 0 Å². The summed E-state index contributed by atoms with van der Waals surface area (Å²) in [5.41, 5.74) is 0.527. The molecule has 0 saturated heterocycles. The van der Waals surface area contributed by atoms with E-state index in [0.29, 0.717) is 15.6 Å². The molecule has 0 aliphatic heterocycles. The topological polar surface area (TPSA) is 20.3 Å². The van der Waals surface area contributed by atoms with Gasteiger partial charge in [-0.05, 0) is 38.7 Å². The van der Waals surface area contributed by atoms with Gasteiger partial charge in [0.1, 0.15) is 0 Å². The lowest BCUT2D eigenvalue weighted by molar-refractivity contribution is 0.0874. The normalized spacial score (nSPS) is 12.9. The Balaban J connectivity index is 2.96. The Morgan fingerprint density at radius 1 is 1.44 bits per heavy atom. The Kier molecular flexibility index (Phi) is 4.78. The van der Waals surface area contributed by atoms with E-state index < -0.39 is 0 Å². The number of Topliss-reactive ketones (excluding diaryl/α,β-unsaturated/α-hetero) is 1.